The van der Waals surface area contributed by atoms with E-state index in [0.717, 1.165) is 41.9 Å². The van der Waals surface area contributed by atoms with Crippen LogP contribution >= 0.6 is 0 Å². The van der Waals surface area contributed by atoms with Crippen LogP contribution in [0.3, 0.4) is 0 Å². The fourth-order valence-electron chi connectivity index (χ4n) is 4.66. The zero-order chi connectivity index (χ0) is 39.1. The summed E-state index contributed by atoms with van der Waals surface area (Å²) in [4.78, 5) is 60.4. The van der Waals surface area contributed by atoms with Crippen molar-refractivity contribution in [3.05, 3.63) is 71.8 Å². The zero-order valence-corrected chi connectivity index (χ0v) is 29.0. The third-order valence-corrected chi connectivity index (χ3v) is 7.52. The van der Waals surface area contributed by atoms with Gasteiger partial charge in [0.15, 0.2) is 0 Å². The number of unbranched alkanes of at least 4 members (excludes halogenated alkanes) is 1. The highest BCUT2D eigenvalue weighted by Crippen LogP contribution is 2.52. The number of aliphatic hydroxyl groups excluding tert-OH is 4. The lowest BCUT2D eigenvalue weighted by atomic mass is 9.86. The van der Waals surface area contributed by atoms with Gasteiger partial charge in [0.05, 0.1) is 37.1 Å². The van der Waals surface area contributed by atoms with E-state index >= 15 is 0 Å². The molecule has 1 aromatic rings. The second kappa shape index (κ2) is 24.4. The molecule has 4 aliphatic rings. The van der Waals surface area contributed by atoms with Crippen molar-refractivity contribution in [3.8, 4) is 0 Å². The molecule has 0 spiro atoms. The average Bonchev–Trinajstić information content (AvgIpc) is 3.90. The van der Waals surface area contributed by atoms with E-state index in [0.29, 0.717) is 12.8 Å². The van der Waals surface area contributed by atoms with Crippen molar-refractivity contribution >= 4 is 35.8 Å². The Morgan fingerprint density at radius 3 is 1.57 bits per heavy atom. The number of benzene rings is 1. The Morgan fingerprint density at radius 1 is 0.804 bits per heavy atom. The number of aromatic carboxylic acids is 2. The van der Waals surface area contributed by atoms with E-state index in [1.54, 1.807) is 13.8 Å². The third kappa shape index (κ3) is 20.5. The Balaban J connectivity index is 0.000000601. The number of fused-ring (bicyclic) bond motifs is 5. The first-order valence-electron chi connectivity index (χ1n) is 16.2. The number of rotatable bonds is 10. The Labute approximate surface area is 296 Å². The monoisotopic (exact) mass is 722 g/mol. The molecule has 5 atom stereocenters. The fraction of sp³-hybridized carbons (Fsp3) is 0.500. The van der Waals surface area contributed by atoms with Crippen LogP contribution in [0.1, 0.15) is 80.0 Å². The van der Waals surface area contributed by atoms with Crippen LogP contribution in [0.4, 0.5) is 0 Å². The first-order valence-corrected chi connectivity index (χ1v) is 16.2. The minimum Gasteiger partial charge on any atom is -0.481 e. The van der Waals surface area contributed by atoms with Crippen LogP contribution in [0, 0.1) is 29.1 Å². The van der Waals surface area contributed by atoms with Crippen LogP contribution in [-0.4, -0.2) is 103 Å². The quantitative estimate of drug-likeness (QED) is 0.0745. The summed E-state index contributed by atoms with van der Waals surface area (Å²) in [5.74, 6) is -1.33. The van der Waals surface area contributed by atoms with Gasteiger partial charge in [-0.2, -0.15) is 0 Å². The number of hydrogen-bond donors (Lipinski definition) is 8. The summed E-state index contributed by atoms with van der Waals surface area (Å²) in [6, 6.07) is 5.20. The smallest absolute Gasteiger partial charge is 0.338 e. The molecule has 51 heavy (non-hydrogen) atoms. The SMILES string of the molecule is C1=CC2C3C=CC(C3)C2C1.CC(C)(CO)CO.CC(O)CO.O=C(O)CCCCC(=O)O.O=C(O)c1cccc(C(=O)O)c1.O=C1C=CC(=O)O1. The van der Waals surface area contributed by atoms with Gasteiger partial charge >= 0.3 is 35.8 Å². The van der Waals surface area contributed by atoms with Crippen molar-refractivity contribution < 1.29 is 74.4 Å². The number of carbonyl (C=O) groups is 6. The zero-order valence-electron chi connectivity index (χ0n) is 29.0. The van der Waals surface area contributed by atoms with Crippen molar-refractivity contribution in [1.82, 2.24) is 0 Å². The molecule has 0 radical (unpaired) electrons. The average molecular weight is 723 g/mol. The summed E-state index contributed by atoms with van der Waals surface area (Å²) >= 11 is 0. The van der Waals surface area contributed by atoms with E-state index in [-0.39, 0.29) is 49.2 Å². The van der Waals surface area contributed by atoms with Crippen molar-refractivity contribution in [1.29, 1.82) is 0 Å². The molecule has 1 saturated carbocycles. The van der Waals surface area contributed by atoms with Crippen LogP contribution in [-0.2, 0) is 23.9 Å². The van der Waals surface area contributed by atoms with Gasteiger partial charge in [-0.25, -0.2) is 19.2 Å². The molecule has 8 N–H and O–H groups in total. The highest BCUT2D eigenvalue weighted by atomic mass is 16.6. The molecule has 15 nitrogen and oxygen atoms in total. The van der Waals surface area contributed by atoms with E-state index < -0.39 is 41.9 Å². The lowest BCUT2D eigenvalue weighted by molar-refractivity contribution is -0.150. The maximum Gasteiger partial charge on any atom is 0.338 e. The number of cyclic esters (lactones) is 2. The molecule has 15 heteroatoms. The predicted octanol–water partition coefficient (Wildman–Crippen LogP) is 3.17. The molecule has 3 aliphatic carbocycles. The van der Waals surface area contributed by atoms with Gasteiger partial charge in [-0.3, -0.25) is 9.59 Å². The summed E-state index contributed by atoms with van der Waals surface area (Å²) in [5.41, 5.74) is -0.343. The van der Waals surface area contributed by atoms with Gasteiger partial charge < -0.3 is 45.6 Å². The molecule has 0 aromatic heterocycles. The van der Waals surface area contributed by atoms with Gasteiger partial charge in [0, 0.05) is 30.4 Å². The number of carbonyl (C=O) groups excluding carboxylic acids is 2. The lowest BCUT2D eigenvalue weighted by Crippen LogP contribution is -2.20. The molecular weight excluding hydrogens is 672 g/mol. The largest absolute Gasteiger partial charge is 0.481 e. The van der Waals surface area contributed by atoms with Gasteiger partial charge in [-0.05, 0) is 74.5 Å². The molecule has 1 aliphatic heterocycles. The number of allylic oxidation sites excluding steroid dienone is 4. The van der Waals surface area contributed by atoms with Crippen molar-refractivity contribution in [2.24, 2.45) is 29.1 Å². The number of aliphatic carboxylic acids is 2. The Kier molecular flexibility index (Phi) is 22.2. The number of aliphatic hydroxyl groups is 4. The van der Waals surface area contributed by atoms with Crippen LogP contribution in [0.2, 0.25) is 0 Å². The van der Waals surface area contributed by atoms with Crippen LogP contribution < -0.4 is 0 Å². The van der Waals surface area contributed by atoms with Crippen molar-refractivity contribution in [2.75, 3.05) is 19.8 Å². The Hall–Kier alpha value is -4.70. The minimum absolute atomic E-state index is 0.0186. The first-order chi connectivity index (χ1) is 23.9. The number of carboxylic acids is 4. The van der Waals surface area contributed by atoms with Crippen LogP contribution in [0.5, 0.6) is 0 Å². The summed E-state index contributed by atoms with van der Waals surface area (Å²) in [6.07, 6.45) is 15.1. The van der Waals surface area contributed by atoms with E-state index in [2.05, 4.69) is 29.0 Å². The molecule has 0 amide bonds. The maximum absolute atomic E-state index is 10.4. The van der Waals surface area contributed by atoms with Crippen LogP contribution in [0.25, 0.3) is 0 Å². The number of carboxylic acid groups (broad SMARTS) is 4. The van der Waals surface area contributed by atoms with Gasteiger partial charge in [0.25, 0.3) is 0 Å². The van der Waals surface area contributed by atoms with Crippen molar-refractivity contribution in [2.45, 2.75) is 65.4 Å². The van der Waals surface area contributed by atoms with E-state index in [1.165, 1.54) is 38.0 Å². The third-order valence-electron chi connectivity index (χ3n) is 7.52. The molecule has 284 valence electrons. The number of hydrogen-bond acceptors (Lipinski definition) is 11. The highest BCUT2D eigenvalue weighted by molar-refractivity contribution is 6.04. The molecule has 0 saturated heterocycles. The molecular formula is C36H50O15. The molecule has 5 rings (SSSR count). The van der Waals surface area contributed by atoms with Gasteiger partial charge in [0.2, 0.25) is 0 Å². The van der Waals surface area contributed by atoms with Gasteiger partial charge in [-0.15, -0.1) is 0 Å². The molecule has 1 aromatic carbocycles. The second-order valence-electron chi connectivity index (χ2n) is 12.6. The standard InChI is InChI=1S/C10H12.C8H6O4.C6H10O4.C5H12O2.C4H2O3.C3H8O2/c1-2-9-7-4-5-8(6-7)10(9)3-1;9-7(10)5-2-1-3-6(4-5)8(11)12;7-5(8)3-1-2-4-6(9)10;1-5(2,3-6)4-7;5-3-1-2-4(6)7-3;1-3(5)2-4/h1-2,4-5,7-10H,3,6H2;1-4H,(H,9,10)(H,11,12);1-4H2,(H,7,8)(H,9,10);6-7H,3-4H2,1-2H3;1-2H;3-5H,2H2,1H3. The van der Waals surface area contributed by atoms with Gasteiger partial charge in [-0.1, -0.05) is 44.2 Å². The van der Waals surface area contributed by atoms with E-state index in [1.807, 2.05) is 0 Å². The second-order valence-corrected chi connectivity index (χ2v) is 12.6. The highest BCUT2D eigenvalue weighted by Gasteiger charge is 2.44. The number of esters is 2. The Morgan fingerprint density at radius 2 is 1.25 bits per heavy atom. The van der Waals surface area contributed by atoms with E-state index in [4.69, 9.17) is 40.9 Å². The van der Waals surface area contributed by atoms with Gasteiger partial charge in [0.1, 0.15) is 0 Å². The topological polar surface area (TPSA) is 273 Å². The fourth-order valence-corrected chi connectivity index (χ4v) is 4.66. The summed E-state index contributed by atoms with van der Waals surface area (Å²) < 4.78 is 3.97. The maximum atomic E-state index is 10.4. The summed E-state index contributed by atoms with van der Waals surface area (Å²) in [6.45, 7) is 5.08. The molecule has 1 heterocycles. The van der Waals surface area contributed by atoms with E-state index in [9.17, 15) is 28.8 Å². The first kappa shape index (κ1) is 46.3. The van der Waals surface area contributed by atoms with Crippen LogP contribution in [0.15, 0.2) is 60.7 Å². The molecule has 1 fully saturated rings. The minimum atomic E-state index is -1.13. The lowest BCUT2D eigenvalue weighted by Gasteiger charge is -2.18. The summed E-state index contributed by atoms with van der Waals surface area (Å²) in [5, 5.41) is 66.1. The summed E-state index contributed by atoms with van der Waals surface area (Å²) in [7, 11) is 0. The number of ether oxygens (including phenoxy) is 1. The molecule has 5 unspecified atom stereocenters. The normalized spacial score (nSPS) is 20.2. The Bertz CT molecular complexity index is 1310. The molecule has 2 bridgehead atoms. The van der Waals surface area contributed by atoms with Crippen molar-refractivity contribution in [3.63, 3.8) is 0 Å². The predicted molar refractivity (Wildman–Crippen MR) is 183 cm³/mol.